The fourth-order valence-corrected chi connectivity index (χ4v) is 1.76. The number of nitrogens with one attached hydrogen (secondary N) is 1. The molecular weight excluding hydrogens is 192 g/mol. The van der Waals surface area contributed by atoms with E-state index in [2.05, 4.69) is 22.4 Å². The van der Waals surface area contributed by atoms with E-state index in [0.29, 0.717) is 18.0 Å². The fourth-order valence-electron chi connectivity index (χ4n) is 1.76. The summed E-state index contributed by atoms with van der Waals surface area (Å²) in [5.41, 5.74) is 5.46. The average molecular weight is 208 g/mol. The van der Waals surface area contributed by atoms with E-state index < -0.39 is 0 Å². The Bertz CT molecular complexity index is 314. The van der Waals surface area contributed by atoms with Gasteiger partial charge in [0.25, 0.3) is 0 Å². The number of nitrogen functional groups attached to an aromatic ring is 1. The predicted molar refractivity (Wildman–Crippen MR) is 58.5 cm³/mol. The van der Waals surface area contributed by atoms with Gasteiger partial charge in [0.1, 0.15) is 11.6 Å². The van der Waals surface area contributed by atoms with Gasteiger partial charge in [-0.2, -0.15) is 0 Å². The van der Waals surface area contributed by atoms with Gasteiger partial charge in [-0.05, 0) is 31.9 Å². The summed E-state index contributed by atoms with van der Waals surface area (Å²) >= 11 is 0. The van der Waals surface area contributed by atoms with Gasteiger partial charge in [0.2, 0.25) is 0 Å². The van der Waals surface area contributed by atoms with Gasteiger partial charge in [0.15, 0.2) is 0 Å². The van der Waals surface area contributed by atoms with Crippen molar-refractivity contribution in [1.82, 2.24) is 10.2 Å². The molecule has 1 fully saturated rings. The quantitative estimate of drug-likeness (QED) is 0.759. The van der Waals surface area contributed by atoms with Crippen LogP contribution in [-0.4, -0.2) is 29.0 Å². The van der Waals surface area contributed by atoms with Gasteiger partial charge >= 0.3 is 0 Å². The number of aromatic nitrogens is 2. The summed E-state index contributed by atoms with van der Waals surface area (Å²) in [5, 5.41) is 11.1. The summed E-state index contributed by atoms with van der Waals surface area (Å²) in [4.78, 5) is 0. The fraction of sp³-hybridized carbons (Fsp3) is 0.600. The van der Waals surface area contributed by atoms with E-state index in [1.807, 2.05) is 6.07 Å². The average Bonchev–Trinajstić information content (AvgIpc) is 2.22. The standard InChI is InChI=1S/C10H16N4O/c1-7-6-8(4-5-15-7)12-10-3-2-9(11)13-14-10/h2-3,7-8H,4-6H2,1H3,(H2,11,13)(H,12,14). The molecule has 15 heavy (non-hydrogen) atoms. The third-order valence-electron chi connectivity index (χ3n) is 2.52. The molecule has 0 aromatic carbocycles. The minimum absolute atomic E-state index is 0.318. The van der Waals surface area contributed by atoms with Crippen molar-refractivity contribution in [2.45, 2.75) is 31.9 Å². The van der Waals surface area contributed by atoms with Crippen molar-refractivity contribution in [3.63, 3.8) is 0 Å². The Morgan fingerprint density at radius 2 is 2.33 bits per heavy atom. The maximum Gasteiger partial charge on any atom is 0.149 e. The number of nitrogens with two attached hydrogens (primary N) is 1. The first-order valence-corrected chi connectivity index (χ1v) is 5.21. The molecule has 5 nitrogen and oxygen atoms in total. The second-order valence-corrected chi connectivity index (χ2v) is 3.89. The second-order valence-electron chi connectivity index (χ2n) is 3.89. The molecule has 1 aliphatic heterocycles. The highest BCUT2D eigenvalue weighted by molar-refractivity contribution is 5.39. The summed E-state index contributed by atoms with van der Waals surface area (Å²) < 4.78 is 5.47. The zero-order valence-corrected chi connectivity index (χ0v) is 8.81. The minimum atomic E-state index is 0.318. The van der Waals surface area contributed by atoms with E-state index in [1.165, 1.54) is 0 Å². The smallest absolute Gasteiger partial charge is 0.149 e. The molecule has 1 aromatic heterocycles. The molecule has 3 N–H and O–H groups in total. The number of hydrogen-bond acceptors (Lipinski definition) is 5. The lowest BCUT2D eigenvalue weighted by Gasteiger charge is -2.28. The lowest BCUT2D eigenvalue weighted by molar-refractivity contribution is 0.0231. The molecule has 0 amide bonds. The predicted octanol–water partition coefficient (Wildman–Crippen LogP) is 1.04. The van der Waals surface area contributed by atoms with Crippen LogP contribution in [0.25, 0.3) is 0 Å². The number of anilines is 2. The Kier molecular flexibility index (Phi) is 3.01. The maximum atomic E-state index is 5.47. The van der Waals surface area contributed by atoms with Crippen molar-refractivity contribution in [2.75, 3.05) is 17.7 Å². The first-order valence-electron chi connectivity index (χ1n) is 5.21. The van der Waals surface area contributed by atoms with Crippen LogP contribution < -0.4 is 11.1 Å². The molecule has 0 saturated carbocycles. The second kappa shape index (κ2) is 4.44. The van der Waals surface area contributed by atoms with Crippen molar-refractivity contribution in [3.8, 4) is 0 Å². The number of hydrogen-bond donors (Lipinski definition) is 2. The van der Waals surface area contributed by atoms with Gasteiger partial charge in [0, 0.05) is 12.6 Å². The summed E-state index contributed by atoms with van der Waals surface area (Å²) in [6, 6.07) is 4.02. The third kappa shape index (κ3) is 2.79. The van der Waals surface area contributed by atoms with Crippen LogP contribution in [0.5, 0.6) is 0 Å². The lowest BCUT2D eigenvalue weighted by atomic mass is 10.0. The molecule has 1 saturated heterocycles. The normalized spacial score (nSPS) is 26.2. The van der Waals surface area contributed by atoms with Crippen molar-refractivity contribution in [3.05, 3.63) is 12.1 Å². The molecule has 0 radical (unpaired) electrons. The maximum absolute atomic E-state index is 5.47. The van der Waals surface area contributed by atoms with Crippen LogP contribution in [0.1, 0.15) is 19.8 Å². The van der Waals surface area contributed by atoms with Crippen LogP contribution in [0.2, 0.25) is 0 Å². The van der Waals surface area contributed by atoms with Crippen molar-refractivity contribution < 1.29 is 4.74 Å². The Morgan fingerprint density at radius 3 is 3.00 bits per heavy atom. The Morgan fingerprint density at radius 1 is 1.47 bits per heavy atom. The minimum Gasteiger partial charge on any atom is -0.382 e. The van der Waals surface area contributed by atoms with Gasteiger partial charge < -0.3 is 15.8 Å². The molecule has 2 atom stereocenters. The van der Waals surface area contributed by atoms with Crippen LogP contribution in [0.3, 0.4) is 0 Å². The Balaban J connectivity index is 1.93. The molecule has 1 aliphatic rings. The molecule has 82 valence electrons. The molecule has 5 heteroatoms. The highest BCUT2D eigenvalue weighted by Crippen LogP contribution is 2.17. The Labute approximate surface area is 89.0 Å². The molecule has 2 unspecified atom stereocenters. The summed E-state index contributed by atoms with van der Waals surface area (Å²) in [6.45, 7) is 2.89. The molecule has 1 aromatic rings. The van der Waals surface area contributed by atoms with Crippen LogP contribution >= 0.6 is 0 Å². The van der Waals surface area contributed by atoms with E-state index in [1.54, 1.807) is 6.07 Å². The van der Waals surface area contributed by atoms with Crippen LogP contribution in [0.15, 0.2) is 12.1 Å². The van der Waals surface area contributed by atoms with Crippen molar-refractivity contribution >= 4 is 11.6 Å². The molecule has 2 rings (SSSR count). The van der Waals surface area contributed by atoms with Crippen LogP contribution in [-0.2, 0) is 4.74 Å². The largest absolute Gasteiger partial charge is 0.382 e. The molecule has 0 spiro atoms. The highest BCUT2D eigenvalue weighted by Gasteiger charge is 2.19. The summed E-state index contributed by atoms with van der Waals surface area (Å²) in [5.74, 6) is 1.23. The Hall–Kier alpha value is -1.36. The zero-order chi connectivity index (χ0) is 10.7. The van der Waals surface area contributed by atoms with Crippen molar-refractivity contribution in [1.29, 1.82) is 0 Å². The first kappa shape index (κ1) is 10.2. The molecule has 0 bridgehead atoms. The summed E-state index contributed by atoms with van der Waals surface area (Å²) in [6.07, 6.45) is 2.33. The van der Waals surface area contributed by atoms with Crippen LogP contribution in [0, 0.1) is 0 Å². The summed E-state index contributed by atoms with van der Waals surface area (Å²) in [7, 11) is 0. The van der Waals surface area contributed by atoms with E-state index in [4.69, 9.17) is 10.5 Å². The monoisotopic (exact) mass is 208 g/mol. The molecule has 0 aliphatic carbocycles. The van der Waals surface area contributed by atoms with E-state index in [9.17, 15) is 0 Å². The molecular formula is C10H16N4O. The number of ether oxygens (including phenoxy) is 1. The third-order valence-corrected chi connectivity index (χ3v) is 2.52. The van der Waals surface area contributed by atoms with E-state index >= 15 is 0 Å². The first-order chi connectivity index (χ1) is 7.24. The van der Waals surface area contributed by atoms with Crippen LogP contribution in [0.4, 0.5) is 11.6 Å². The van der Waals surface area contributed by atoms with Gasteiger partial charge in [-0.25, -0.2) is 0 Å². The molecule has 2 heterocycles. The van der Waals surface area contributed by atoms with E-state index in [-0.39, 0.29) is 0 Å². The number of nitrogens with zero attached hydrogens (tertiary/aromatic N) is 2. The van der Waals surface area contributed by atoms with E-state index in [0.717, 1.165) is 25.3 Å². The highest BCUT2D eigenvalue weighted by atomic mass is 16.5. The number of rotatable bonds is 2. The lowest BCUT2D eigenvalue weighted by Crippen LogP contribution is -2.32. The topological polar surface area (TPSA) is 73.1 Å². The van der Waals surface area contributed by atoms with Gasteiger partial charge in [-0.15, -0.1) is 10.2 Å². The van der Waals surface area contributed by atoms with Gasteiger partial charge in [-0.3, -0.25) is 0 Å². The van der Waals surface area contributed by atoms with Gasteiger partial charge in [0.05, 0.1) is 6.10 Å². The zero-order valence-electron chi connectivity index (χ0n) is 8.81. The van der Waals surface area contributed by atoms with Gasteiger partial charge in [-0.1, -0.05) is 0 Å². The SMILES string of the molecule is CC1CC(Nc2ccc(N)nn2)CCO1. The van der Waals surface area contributed by atoms with Crippen molar-refractivity contribution in [2.24, 2.45) is 0 Å².